The SMILES string of the molecule is O=C(Nc1nnc(CN2C(=O)CCC2=O)o1)c1ccc2ncsc2c1. The van der Waals surface area contributed by atoms with E-state index in [4.69, 9.17) is 4.42 Å². The molecular formula is C15H11N5O4S. The normalized spacial score (nSPS) is 14.5. The monoisotopic (exact) mass is 357 g/mol. The Morgan fingerprint density at radius 3 is 2.84 bits per heavy atom. The maximum absolute atomic E-state index is 12.3. The van der Waals surface area contributed by atoms with Gasteiger partial charge in [-0.25, -0.2) is 4.98 Å². The number of amides is 3. The van der Waals surface area contributed by atoms with E-state index in [0.717, 1.165) is 15.1 Å². The molecule has 1 aliphatic rings. The van der Waals surface area contributed by atoms with E-state index >= 15 is 0 Å². The van der Waals surface area contributed by atoms with E-state index in [2.05, 4.69) is 20.5 Å². The molecule has 9 nitrogen and oxygen atoms in total. The van der Waals surface area contributed by atoms with Crippen LogP contribution in [0.5, 0.6) is 0 Å². The zero-order valence-corrected chi connectivity index (χ0v) is 13.6. The number of imide groups is 1. The molecule has 126 valence electrons. The van der Waals surface area contributed by atoms with Gasteiger partial charge in [-0.2, -0.15) is 0 Å². The van der Waals surface area contributed by atoms with Gasteiger partial charge >= 0.3 is 6.01 Å². The van der Waals surface area contributed by atoms with E-state index in [1.807, 2.05) is 0 Å². The lowest BCUT2D eigenvalue weighted by atomic mass is 10.2. The minimum atomic E-state index is -0.404. The molecule has 25 heavy (non-hydrogen) atoms. The van der Waals surface area contributed by atoms with Crippen LogP contribution in [-0.4, -0.2) is 37.8 Å². The molecule has 0 atom stereocenters. The average molecular weight is 357 g/mol. The molecule has 0 saturated carbocycles. The van der Waals surface area contributed by atoms with Crippen molar-refractivity contribution in [3.63, 3.8) is 0 Å². The van der Waals surface area contributed by atoms with Gasteiger partial charge in [0.1, 0.15) is 6.54 Å². The number of nitrogens with one attached hydrogen (secondary N) is 1. The molecule has 3 aromatic rings. The van der Waals surface area contributed by atoms with E-state index in [9.17, 15) is 14.4 Å². The summed E-state index contributed by atoms with van der Waals surface area (Å²) in [5, 5.41) is 9.97. The highest BCUT2D eigenvalue weighted by Crippen LogP contribution is 2.20. The fraction of sp³-hybridized carbons (Fsp3) is 0.200. The van der Waals surface area contributed by atoms with Gasteiger partial charge in [-0.1, -0.05) is 5.10 Å². The quantitative estimate of drug-likeness (QED) is 0.704. The smallest absolute Gasteiger partial charge is 0.322 e. The minimum absolute atomic E-state index is 0.0804. The van der Waals surface area contributed by atoms with Crippen molar-refractivity contribution in [1.82, 2.24) is 20.1 Å². The topological polar surface area (TPSA) is 118 Å². The summed E-state index contributed by atoms with van der Waals surface area (Å²) in [5.74, 6) is -0.867. The first-order valence-electron chi connectivity index (χ1n) is 7.40. The second kappa shape index (κ2) is 6.06. The van der Waals surface area contributed by atoms with Crippen LogP contribution in [0, 0.1) is 0 Å². The largest absolute Gasteiger partial charge is 0.406 e. The van der Waals surface area contributed by atoms with Crippen LogP contribution in [0.25, 0.3) is 10.2 Å². The van der Waals surface area contributed by atoms with Gasteiger partial charge in [0.05, 0.1) is 15.7 Å². The van der Waals surface area contributed by atoms with Crippen molar-refractivity contribution in [3.8, 4) is 0 Å². The van der Waals surface area contributed by atoms with E-state index in [1.54, 1.807) is 23.7 Å². The van der Waals surface area contributed by atoms with Crippen LogP contribution in [0.15, 0.2) is 28.1 Å². The number of carbonyl (C=O) groups is 3. The minimum Gasteiger partial charge on any atom is -0.406 e. The molecule has 4 rings (SSSR count). The summed E-state index contributed by atoms with van der Waals surface area (Å²) in [6.07, 6.45) is 0.382. The Kier molecular flexibility index (Phi) is 3.73. The molecule has 2 aromatic heterocycles. The summed E-state index contributed by atoms with van der Waals surface area (Å²) >= 11 is 1.44. The Hall–Kier alpha value is -3.14. The maximum Gasteiger partial charge on any atom is 0.322 e. The van der Waals surface area contributed by atoms with Crippen molar-refractivity contribution in [2.24, 2.45) is 0 Å². The van der Waals surface area contributed by atoms with Crippen LogP contribution in [0.4, 0.5) is 6.01 Å². The van der Waals surface area contributed by atoms with Gasteiger partial charge in [0.2, 0.25) is 17.7 Å². The van der Waals surface area contributed by atoms with Crippen molar-refractivity contribution >= 4 is 45.3 Å². The van der Waals surface area contributed by atoms with Crippen molar-refractivity contribution < 1.29 is 18.8 Å². The van der Waals surface area contributed by atoms with Crippen molar-refractivity contribution in [3.05, 3.63) is 35.2 Å². The third-order valence-electron chi connectivity index (χ3n) is 3.73. The number of nitrogens with zero attached hydrogens (tertiary/aromatic N) is 4. The molecule has 1 aliphatic heterocycles. The molecule has 1 aromatic carbocycles. The number of hydrogen-bond acceptors (Lipinski definition) is 8. The molecule has 3 amide bonds. The summed E-state index contributed by atoms with van der Waals surface area (Å²) in [6, 6.07) is 5.03. The lowest BCUT2D eigenvalue weighted by Gasteiger charge is -2.09. The second-order valence-corrected chi connectivity index (χ2v) is 6.25. The molecule has 0 aliphatic carbocycles. The maximum atomic E-state index is 12.3. The van der Waals surface area contributed by atoms with Crippen LogP contribution in [0.3, 0.4) is 0 Å². The summed E-state index contributed by atoms with van der Waals surface area (Å²) in [5.41, 5.74) is 2.96. The highest BCUT2D eigenvalue weighted by atomic mass is 32.1. The average Bonchev–Trinajstić information content (AvgIpc) is 3.31. The van der Waals surface area contributed by atoms with Gasteiger partial charge in [0, 0.05) is 18.4 Å². The zero-order valence-electron chi connectivity index (χ0n) is 12.8. The summed E-state index contributed by atoms with van der Waals surface area (Å²) in [6.45, 7) is -0.0899. The summed E-state index contributed by atoms with van der Waals surface area (Å²) in [7, 11) is 0. The fourth-order valence-corrected chi connectivity index (χ4v) is 3.18. The van der Waals surface area contributed by atoms with Gasteiger partial charge in [-0.3, -0.25) is 24.6 Å². The lowest BCUT2D eigenvalue weighted by molar-refractivity contribution is -0.139. The third kappa shape index (κ3) is 2.98. The first-order valence-corrected chi connectivity index (χ1v) is 8.28. The molecule has 10 heteroatoms. The second-order valence-electron chi connectivity index (χ2n) is 5.36. The van der Waals surface area contributed by atoms with Gasteiger partial charge in [0.15, 0.2) is 0 Å². The number of anilines is 1. The van der Waals surface area contributed by atoms with Crippen LogP contribution >= 0.6 is 11.3 Å². The Bertz CT molecular complexity index is 979. The summed E-state index contributed by atoms with van der Waals surface area (Å²) in [4.78, 5) is 40.7. The molecule has 1 saturated heterocycles. The third-order valence-corrected chi connectivity index (χ3v) is 4.52. The summed E-state index contributed by atoms with van der Waals surface area (Å²) < 4.78 is 6.19. The van der Waals surface area contributed by atoms with Crippen molar-refractivity contribution in [1.29, 1.82) is 0 Å². The van der Waals surface area contributed by atoms with Crippen LogP contribution in [-0.2, 0) is 16.1 Å². The zero-order chi connectivity index (χ0) is 17.4. The predicted octanol–water partition coefficient (Wildman–Crippen LogP) is 1.58. The van der Waals surface area contributed by atoms with Gasteiger partial charge < -0.3 is 4.42 Å². The number of rotatable bonds is 4. The lowest BCUT2D eigenvalue weighted by Crippen LogP contribution is -2.28. The van der Waals surface area contributed by atoms with Gasteiger partial charge in [0.25, 0.3) is 5.91 Å². The number of hydrogen-bond donors (Lipinski definition) is 1. The van der Waals surface area contributed by atoms with Crippen LogP contribution < -0.4 is 5.32 Å². The highest BCUT2D eigenvalue weighted by molar-refractivity contribution is 7.16. The van der Waals surface area contributed by atoms with E-state index in [-0.39, 0.29) is 43.1 Å². The van der Waals surface area contributed by atoms with E-state index < -0.39 is 5.91 Å². The number of aromatic nitrogens is 3. The van der Waals surface area contributed by atoms with Gasteiger partial charge in [-0.05, 0) is 18.2 Å². The first kappa shape index (κ1) is 15.4. The van der Waals surface area contributed by atoms with Crippen LogP contribution in [0.1, 0.15) is 29.1 Å². The van der Waals surface area contributed by atoms with Crippen LogP contribution in [0.2, 0.25) is 0 Å². The first-order chi connectivity index (χ1) is 12.1. The van der Waals surface area contributed by atoms with E-state index in [0.29, 0.717) is 5.56 Å². The molecule has 0 bridgehead atoms. The molecule has 0 unspecified atom stereocenters. The fourth-order valence-electron chi connectivity index (χ4n) is 2.47. The molecular weight excluding hydrogens is 346 g/mol. The standard InChI is InChI=1S/C15H11N5O4S/c21-12-3-4-13(22)20(12)6-11-18-19-15(24-11)17-14(23)8-1-2-9-10(5-8)25-7-16-9/h1-2,5,7H,3-4,6H2,(H,17,19,23). The Balaban J connectivity index is 1.46. The predicted molar refractivity (Wildman–Crippen MR) is 86.7 cm³/mol. The Labute approximate surface area is 144 Å². The molecule has 0 spiro atoms. The number of likely N-dealkylation sites (tertiary alicyclic amines) is 1. The Morgan fingerprint density at radius 2 is 2.04 bits per heavy atom. The number of benzene rings is 1. The number of thiazole rings is 1. The molecule has 1 N–H and O–H groups in total. The number of fused-ring (bicyclic) bond motifs is 1. The van der Waals surface area contributed by atoms with E-state index in [1.165, 1.54) is 11.3 Å². The Morgan fingerprint density at radius 1 is 1.24 bits per heavy atom. The van der Waals surface area contributed by atoms with Crippen molar-refractivity contribution in [2.75, 3.05) is 5.32 Å². The van der Waals surface area contributed by atoms with Gasteiger partial charge in [-0.15, -0.1) is 16.4 Å². The molecule has 3 heterocycles. The van der Waals surface area contributed by atoms with Crippen molar-refractivity contribution in [2.45, 2.75) is 19.4 Å². The molecule has 0 radical (unpaired) electrons. The highest BCUT2D eigenvalue weighted by Gasteiger charge is 2.30. The molecule has 1 fully saturated rings. The number of carbonyl (C=O) groups excluding carboxylic acids is 3.